The molecule has 152 valence electrons. The molecule has 2 aliphatic carbocycles. The molecular formula is C20H26FN3O4. The highest BCUT2D eigenvalue weighted by atomic mass is 19.1. The normalized spacial score (nSPS) is 21.1. The van der Waals surface area contributed by atoms with Crippen molar-refractivity contribution in [3.05, 3.63) is 35.6 Å². The highest BCUT2D eigenvalue weighted by Crippen LogP contribution is 2.33. The van der Waals surface area contributed by atoms with Gasteiger partial charge in [-0.3, -0.25) is 19.3 Å². The molecule has 0 aromatic heterocycles. The molecule has 0 bridgehead atoms. The van der Waals surface area contributed by atoms with Crippen LogP contribution in [0.15, 0.2) is 24.3 Å². The van der Waals surface area contributed by atoms with Crippen LogP contribution in [0.4, 0.5) is 4.39 Å². The number of benzene rings is 1. The zero-order chi connectivity index (χ0) is 20.1. The van der Waals surface area contributed by atoms with Gasteiger partial charge in [0.1, 0.15) is 5.82 Å². The van der Waals surface area contributed by atoms with Crippen molar-refractivity contribution in [3.8, 4) is 0 Å². The monoisotopic (exact) mass is 391 g/mol. The molecule has 0 saturated heterocycles. The Labute approximate surface area is 163 Å². The van der Waals surface area contributed by atoms with E-state index >= 15 is 0 Å². The third-order valence-electron chi connectivity index (χ3n) is 5.27. The molecule has 3 rings (SSSR count). The summed E-state index contributed by atoms with van der Waals surface area (Å²) < 4.78 is 12.9. The molecule has 2 fully saturated rings. The van der Waals surface area contributed by atoms with E-state index in [9.17, 15) is 18.8 Å². The number of carboxylic acids is 1. The maximum atomic E-state index is 12.9. The minimum atomic E-state index is -0.815. The van der Waals surface area contributed by atoms with E-state index in [1.807, 2.05) is 4.90 Å². The highest BCUT2D eigenvalue weighted by Gasteiger charge is 2.37. The summed E-state index contributed by atoms with van der Waals surface area (Å²) >= 11 is 0. The Morgan fingerprint density at radius 1 is 1.14 bits per heavy atom. The Balaban J connectivity index is 1.33. The van der Waals surface area contributed by atoms with Crippen molar-refractivity contribution >= 4 is 17.8 Å². The Bertz CT molecular complexity index is 715. The van der Waals surface area contributed by atoms with E-state index in [2.05, 4.69) is 10.6 Å². The summed E-state index contributed by atoms with van der Waals surface area (Å²) in [6, 6.07) is 5.48. The van der Waals surface area contributed by atoms with Crippen LogP contribution in [0.25, 0.3) is 0 Å². The van der Waals surface area contributed by atoms with Crippen LogP contribution >= 0.6 is 0 Å². The number of carbonyl (C=O) groups excluding carboxylic acids is 2. The number of aliphatic carboxylic acids is 1. The van der Waals surface area contributed by atoms with Gasteiger partial charge >= 0.3 is 5.97 Å². The number of carboxylic acid groups (broad SMARTS) is 1. The SMILES string of the molecule is O=C(O)CN(CC1CC1)C1CC(NC(=O)CCNC(=O)c2ccc(F)cc2)C1. The lowest BCUT2D eigenvalue weighted by Gasteiger charge is -2.42. The predicted octanol–water partition coefficient (Wildman–Crippen LogP) is 1.39. The molecule has 1 aromatic carbocycles. The predicted molar refractivity (Wildman–Crippen MR) is 100 cm³/mol. The van der Waals surface area contributed by atoms with Crippen LogP contribution in [-0.2, 0) is 9.59 Å². The van der Waals surface area contributed by atoms with Crippen LogP contribution in [0, 0.1) is 11.7 Å². The van der Waals surface area contributed by atoms with Crippen LogP contribution in [0.1, 0.15) is 42.5 Å². The van der Waals surface area contributed by atoms with Crippen molar-refractivity contribution in [1.29, 1.82) is 0 Å². The summed E-state index contributed by atoms with van der Waals surface area (Å²) in [5.74, 6) is -1.09. The molecule has 2 saturated carbocycles. The van der Waals surface area contributed by atoms with Crippen molar-refractivity contribution in [2.45, 2.75) is 44.2 Å². The fourth-order valence-corrected chi connectivity index (χ4v) is 3.45. The van der Waals surface area contributed by atoms with Gasteiger partial charge in [-0.2, -0.15) is 0 Å². The van der Waals surface area contributed by atoms with E-state index < -0.39 is 11.8 Å². The van der Waals surface area contributed by atoms with Crippen molar-refractivity contribution < 1.29 is 23.9 Å². The molecule has 2 aliphatic rings. The van der Waals surface area contributed by atoms with Gasteiger partial charge in [-0.25, -0.2) is 4.39 Å². The number of nitrogens with zero attached hydrogens (tertiary/aromatic N) is 1. The standard InChI is InChI=1S/C20H26FN3O4/c21-15-5-3-14(4-6-15)20(28)22-8-7-18(25)23-16-9-17(10-16)24(12-19(26)27)11-13-1-2-13/h3-6,13,16-17H,1-2,7-12H2,(H,22,28)(H,23,25)(H,26,27). The second-order valence-corrected chi connectivity index (χ2v) is 7.67. The van der Waals surface area contributed by atoms with Gasteiger partial charge in [-0.15, -0.1) is 0 Å². The van der Waals surface area contributed by atoms with Crippen LogP contribution in [0.3, 0.4) is 0 Å². The number of halogens is 1. The van der Waals surface area contributed by atoms with Gasteiger partial charge in [-0.1, -0.05) is 0 Å². The fraction of sp³-hybridized carbons (Fsp3) is 0.550. The molecule has 1 aromatic rings. The lowest BCUT2D eigenvalue weighted by atomic mass is 9.85. The lowest BCUT2D eigenvalue weighted by molar-refractivity contribution is -0.140. The topological polar surface area (TPSA) is 98.7 Å². The molecule has 7 nitrogen and oxygen atoms in total. The second kappa shape index (κ2) is 9.14. The molecule has 3 N–H and O–H groups in total. The van der Waals surface area contributed by atoms with Crippen LogP contribution in [0.5, 0.6) is 0 Å². The van der Waals surface area contributed by atoms with Crippen molar-refractivity contribution in [3.63, 3.8) is 0 Å². The summed E-state index contributed by atoms with van der Waals surface area (Å²) in [5, 5.41) is 14.6. The largest absolute Gasteiger partial charge is 0.480 e. The summed E-state index contributed by atoms with van der Waals surface area (Å²) in [6.45, 7) is 1.08. The molecule has 0 heterocycles. The van der Waals surface area contributed by atoms with E-state index in [4.69, 9.17) is 5.11 Å². The van der Waals surface area contributed by atoms with Gasteiger partial charge in [0.25, 0.3) is 5.91 Å². The summed E-state index contributed by atoms with van der Waals surface area (Å²) in [5.41, 5.74) is 0.345. The lowest BCUT2D eigenvalue weighted by Crippen LogP contribution is -2.55. The van der Waals surface area contributed by atoms with Crippen molar-refractivity contribution in [2.75, 3.05) is 19.6 Å². The van der Waals surface area contributed by atoms with Gasteiger partial charge in [0, 0.05) is 37.2 Å². The first kappa shape index (κ1) is 20.3. The molecule has 0 radical (unpaired) electrons. The van der Waals surface area contributed by atoms with E-state index in [0.717, 1.165) is 19.4 Å². The maximum Gasteiger partial charge on any atom is 0.317 e. The van der Waals surface area contributed by atoms with Crippen LogP contribution in [-0.4, -0.2) is 59.5 Å². The average Bonchev–Trinajstić information content (AvgIpc) is 3.41. The Morgan fingerprint density at radius 3 is 2.43 bits per heavy atom. The van der Waals surface area contributed by atoms with Crippen LogP contribution in [0.2, 0.25) is 0 Å². The molecular weight excluding hydrogens is 365 g/mol. The third kappa shape index (κ3) is 6.02. The zero-order valence-electron chi connectivity index (χ0n) is 15.7. The molecule has 0 unspecified atom stereocenters. The Hall–Kier alpha value is -2.48. The molecule has 0 spiro atoms. The van der Waals surface area contributed by atoms with Crippen molar-refractivity contribution in [2.24, 2.45) is 5.92 Å². The zero-order valence-corrected chi connectivity index (χ0v) is 15.7. The van der Waals surface area contributed by atoms with Crippen LogP contribution < -0.4 is 10.6 Å². The average molecular weight is 391 g/mol. The second-order valence-electron chi connectivity index (χ2n) is 7.67. The van der Waals surface area contributed by atoms with Gasteiger partial charge in [-0.05, 0) is 55.9 Å². The third-order valence-corrected chi connectivity index (χ3v) is 5.27. The first-order chi connectivity index (χ1) is 13.4. The number of hydrogen-bond acceptors (Lipinski definition) is 4. The van der Waals surface area contributed by atoms with E-state index in [1.54, 1.807) is 0 Å². The van der Waals surface area contributed by atoms with Gasteiger partial charge in [0.15, 0.2) is 0 Å². The summed E-state index contributed by atoms with van der Waals surface area (Å²) in [6.07, 6.45) is 4.02. The van der Waals surface area contributed by atoms with Crippen molar-refractivity contribution in [1.82, 2.24) is 15.5 Å². The number of nitrogens with one attached hydrogen (secondary N) is 2. The summed E-state index contributed by atoms with van der Waals surface area (Å²) in [4.78, 5) is 37.0. The van der Waals surface area contributed by atoms with E-state index in [1.165, 1.54) is 37.1 Å². The number of hydrogen-bond donors (Lipinski definition) is 3. The molecule has 0 aliphatic heterocycles. The number of carbonyl (C=O) groups is 3. The number of amides is 2. The van der Waals surface area contributed by atoms with E-state index in [0.29, 0.717) is 11.5 Å². The first-order valence-corrected chi connectivity index (χ1v) is 9.69. The maximum absolute atomic E-state index is 12.9. The van der Waals surface area contributed by atoms with E-state index in [-0.39, 0.29) is 43.4 Å². The van der Waals surface area contributed by atoms with Gasteiger partial charge < -0.3 is 15.7 Å². The number of rotatable bonds is 10. The minimum absolute atomic E-state index is 0.0528. The molecule has 8 heteroatoms. The van der Waals surface area contributed by atoms with Gasteiger partial charge in [0.2, 0.25) is 5.91 Å². The smallest absolute Gasteiger partial charge is 0.317 e. The first-order valence-electron chi connectivity index (χ1n) is 9.69. The molecule has 0 atom stereocenters. The minimum Gasteiger partial charge on any atom is -0.480 e. The van der Waals surface area contributed by atoms with Gasteiger partial charge in [0.05, 0.1) is 6.54 Å². The molecule has 2 amide bonds. The summed E-state index contributed by atoms with van der Waals surface area (Å²) in [7, 11) is 0. The Kier molecular flexibility index (Phi) is 6.61. The quantitative estimate of drug-likeness (QED) is 0.560. The highest BCUT2D eigenvalue weighted by molar-refractivity contribution is 5.94. The Morgan fingerprint density at radius 2 is 1.82 bits per heavy atom. The fourth-order valence-electron chi connectivity index (χ4n) is 3.45. The molecule has 28 heavy (non-hydrogen) atoms.